The standard InChI is InChI=1S/C7H16N2O/c1-8-7(2-3-10)6-4-9-5-6/h6-10H,2-5H2,1H3/t7-/m1/s1. The van der Waals surface area contributed by atoms with Gasteiger partial charge in [-0.2, -0.15) is 0 Å². The van der Waals surface area contributed by atoms with Crippen LogP contribution in [0.15, 0.2) is 0 Å². The molecule has 0 aromatic rings. The number of aliphatic hydroxyl groups is 1. The van der Waals surface area contributed by atoms with Gasteiger partial charge < -0.3 is 15.7 Å². The molecule has 1 saturated heterocycles. The number of hydrogen-bond acceptors (Lipinski definition) is 3. The van der Waals surface area contributed by atoms with Crippen LogP contribution in [-0.2, 0) is 0 Å². The first kappa shape index (κ1) is 7.98. The van der Waals surface area contributed by atoms with Crippen molar-refractivity contribution in [2.24, 2.45) is 5.92 Å². The van der Waals surface area contributed by atoms with Crippen molar-refractivity contribution in [2.75, 3.05) is 26.7 Å². The first-order chi connectivity index (χ1) is 4.88. The van der Waals surface area contributed by atoms with E-state index < -0.39 is 0 Å². The second kappa shape index (κ2) is 3.91. The molecule has 0 bridgehead atoms. The molecule has 0 spiro atoms. The molecule has 60 valence electrons. The molecule has 3 nitrogen and oxygen atoms in total. The Hall–Kier alpha value is -0.120. The molecule has 0 amide bonds. The van der Waals surface area contributed by atoms with Crippen molar-refractivity contribution in [3.8, 4) is 0 Å². The fraction of sp³-hybridized carbons (Fsp3) is 1.00. The minimum atomic E-state index is 0.294. The van der Waals surface area contributed by atoms with E-state index >= 15 is 0 Å². The SMILES string of the molecule is CN[C@H](CCO)C1CNC1. The van der Waals surface area contributed by atoms with Gasteiger partial charge in [0.05, 0.1) is 0 Å². The third-order valence-electron chi connectivity index (χ3n) is 2.19. The van der Waals surface area contributed by atoms with Crippen molar-refractivity contribution in [1.82, 2.24) is 10.6 Å². The molecular formula is C7H16N2O. The highest BCUT2D eigenvalue weighted by Crippen LogP contribution is 2.11. The van der Waals surface area contributed by atoms with E-state index in [1.165, 1.54) is 0 Å². The second-order valence-corrected chi connectivity index (χ2v) is 2.83. The predicted molar refractivity (Wildman–Crippen MR) is 40.9 cm³/mol. The lowest BCUT2D eigenvalue weighted by molar-refractivity contribution is 0.205. The van der Waals surface area contributed by atoms with Gasteiger partial charge in [0.25, 0.3) is 0 Å². The fourth-order valence-electron chi connectivity index (χ4n) is 1.35. The largest absolute Gasteiger partial charge is 0.396 e. The highest BCUT2D eigenvalue weighted by atomic mass is 16.3. The summed E-state index contributed by atoms with van der Waals surface area (Å²) in [5.41, 5.74) is 0. The van der Waals surface area contributed by atoms with Gasteiger partial charge in [-0.15, -0.1) is 0 Å². The summed E-state index contributed by atoms with van der Waals surface area (Å²) < 4.78 is 0. The van der Waals surface area contributed by atoms with Crippen LogP contribution in [0.5, 0.6) is 0 Å². The third kappa shape index (κ3) is 1.68. The van der Waals surface area contributed by atoms with Crippen LogP contribution in [0, 0.1) is 5.92 Å². The van der Waals surface area contributed by atoms with E-state index in [4.69, 9.17) is 5.11 Å². The van der Waals surface area contributed by atoms with Gasteiger partial charge in [-0.1, -0.05) is 0 Å². The molecule has 3 heteroatoms. The highest BCUT2D eigenvalue weighted by Gasteiger charge is 2.24. The zero-order chi connectivity index (χ0) is 7.40. The van der Waals surface area contributed by atoms with Crippen LogP contribution in [0.25, 0.3) is 0 Å². The molecule has 10 heavy (non-hydrogen) atoms. The summed E-state index contributed by atoms with van der Waals surface area (Å²) in [4.78, 5) is 0. The van der Waals surface area contributed by atoms with E-state index in [9.17, 15) is 0 Å². The van der Waals surface area contributed by atoms with E-state index in [2.05, 4.69) is 10.6 Å². The van der Waals surface area contributed by atoms with Gasteiger partial charge >= 0.3 is 0 Å². The van der Waals surface area contributed by atoms with Crippen molar-refractivity contribution in [3.63, 3.8) is 0 Å². The average molecular weight is 144 g/mol. The second-order valence-electron chi connectivity index (χ2n) is 2.83. The Balaban J connectivity index is 2.17. The quantitative estimate of drug-likeness (QED) is 0.483. The van der Waals surface area contributed by atoms with Gasteiger partial charge in [-0.25, -0.2) is 0 Å². The van der Waals surface area contributed by atoms with Gasteiger partial charge in [0, 0.05) is 25.7 Å². The molecule has 0 saturated carbocycles. The average Bonchev–Trinajstić information content (AvgIpc) is 1.83. The van der Waals surface area contributed by atoms with E-state index in [0.29, 0.717) is 12.6 Å². The lowest BCUT2D eigenvalue weighted by atomic mass is 9.92. The minimum absolute atomic E-state index is 0.294. The van der Waals surface area contributed by atoms with Gasteiger partial charge in [0.1, 0.15) is 0 Å². The van der Waals surface area contributed by atoms with Crippen molar-refractivity contribution >= 4 is 0 Å². The molecule has 1 aliphatic heterocycles. The van der Waals surface area contributed by atoms with Gasteiger partial charge in [0.15, 0.2) is 0 Å². The molecule has 1 aliphatic rings. The smallest absolute Gasteiger partial charge is 0.0445 e. The molecular weight excluding hydrogens is 128 g/mol. The topological polar surface area (TPSA) is 44.3 Å². The van der Waals surface area contributed by atoms with E-state index in [0.717, 1.165) is 25.4 Å². The number of hydrogen-bond donors (Lipinski definition) is 3. The normalized spacial score (nSPS) is 22.2. The van der Waals surface area contributed by atoms with Crippen LogP contribution in [0.2, 0.25) is 0 Å². The summed E-state index contributed by atoms with van der Waals surface area (Å²) in [6.45, 7) is 2.50. The van der Waals surface area contributed by atoms with Crippen LogP contribution in [0.4, 0.5) is 0 Å². The minimum Gasteiger partial charge on any atom is -0.396 e. The Morgan fingerprint density at radius 1 is 1.70 bits per heavy atom. The van der Waals surface area contributed by atoms with Crippen molar-refractivity contribution in [2.45, 2.75) is 12.5 Å². The highest BCUT2D eigenvalue weighted by molar-refractivity contribution is 4.85. The monoisotopic (exact) mass is 144 g/mol. The first-order valence-electron chi connectivity index (χ1n) is 3.87. The van der Waals surface area contributed by atoms with Gasteiger partial charge in [0.2, 0.25) is 0 Å². The first-order valence-corrected chi connectivity index (χ1v) is 3.87. The molecule has 1 heterocycles. The van der Waals surface area contributed by atoms with Crippen LogP contribution < -0.4 is 10.6 Å². The summed E-state index contributed by atoms with van der Waals surface area (Å²) in [6, 6.07) is 0.506. The molecule has 0 radical (unpaired) electrons. The van der Waals surface area contributed by atoms with Crippen LogP contribution in [0.3, 0.4) is 0 Å². The molecule has 1 atom stereocenters. The fourth-order valence-corrected chi connectivity index (χ4v) is 1.35. The summed E-state index contributed by atoms with van der Waals surface area (Å²) in [6.07, 6.45) is 0.878. The molecule has 0 aliphatic carbocycles. The van der Waals surface area contributed by atoms with Gasteiger partial charge in [-0.3, -0.25) is 0 Å². The van der Waals surface area contributed by atoms with Crippen LogP contribution >= 0.6 is 0 Å². The molecule has 0 aromatic heterocycles. The van der Waals surface area contributed by atoms with Crippen molar-refractivity contribution in [3.05, 3.63) is 0 Å². The van der Waals surface area contributed by atoms with Crippen molar-refractivity contribution < 1.29 is 5.11 Å². The lowest BCUT2D eigenvalue weighted by Crippen LogP contribution is -2.52. The summed E-state index contributed by atoms with van der Waals surface area (Å²) >= 11 is 0. The van der Waals surface area contributed by atoms with Crippen LogP contribution in [-0.4, -0.2) is 37.9 Å². The molecule has 1 fully saturated rings. The summed E-state index contributed by atoms with van der Waals surface area (Å²) in [5, 5.41) is 15.1. The lowest BCUT2D eigenvalue weighted by Gasteiger charge is -2.34. The maximum Gasteiger partial charge on any atom is 0.0445 e. The maximum absolute atomic E-state index is 8.68. The number of rotatable bonds is 4. The Morgan fingerprint density at radius 2 is 2.40 bits per heavy atom. The van der Waals surface area contributed by atoms with Crippen LogP contribution in [0.1, 0.15) is 6.42 Å². The van der Waals surface area contributed by atoms with Gasteiger partial charge in [-0.05, 0) is 19.4 Å². The Labute approximate surface area is 61.8 Å². The van der Waals surface area contributed by atoms with E-state index in [1.807, 2.05) is 7.05 Å². The van der Waals surface area contributed by atoms with E-state index in [1.54, 1.807) is 0 Å². The Kier molecular flexibility index (Phi) is 3.12. The van der Waals surface area contributed by atoms with E-state index in [-0.39, 0.29) is 0 Å². The molecule has 0 unspecified atom stereocenters. The summed E-state index contributed by atoms with van der Waals surface area (Å²) in [7, 11) is 1.96. The predicted octanol–water partition coefficient (Wildman–Crippen LogP) is -0.824. The number of nitrogens with one attached hydrogen (secondary N) is 2. The molecule has 3 N–H and O–H groups in total. The summed E-state index contributed by atoms with van der Waals surface area (Å²) in [5.74, 6) is 0.733. The number of aliphatic hydroxyl groups excluding tert-OH is 1. The molecule has 0 aromatic carbocycles. The zero-order valence-corrected chi connectivity index (χ0v) is 6.43. The third-order valence-corrected chi connectivity index (χ3v) is 2.19. The Morgan fingerprint density at radius 3 is 2.70 bits per heavy atom. The van der Waals surface area contributed by atoms with Crippen molar-refractivity contribution in [1.29, 1.82) is 0 Å². The maximum atomic E-state index is 8.68. The Bertz CT molecular complexity index is 93.6. The zero-order valence-electron chi connectivity index (χ0n) is 6.43. The molecule has 1 rings (SSSR count).